The first-order chi connectivity index (χ1) is 14.6. The Kier molecular flexibility index (Phi) is 6.59. The predicted octanol–water partition coefficient (Wildman–Crippen LogP) is 4.87. The van der Waals surface area contributed by atoms with Crippen molar-refractivity contribution in [2.75, 3.05) is 39.4 Å². The molecule has 0 unspecified atom stereocenters. The molecule has 0 saturated carbocycles. The molecule has 2 fully saturated rings. The van der Waals surface area contributed by atoms with Gasteiger partial charge < -0.3 is 14.8 Å². The molecule has 0 aliphatic carbocycles. The third-order valence-electron chi connectivity index (χ3n) is 6.51. The highest BCUT2D eigenvalue weighted by Gasteiger charge is 2.36. The SMILES string of the molecule is CCOc1cc(CN2CCC3(CCNC3)CC2)cc(OCC)c1-c1ccc(F)cc1. The quantitative estimate of drug-likeness (QED) is 0.704. The standard InChI is InChI=1S/C25H33FN2O2/c1-3-29-22-15-19(17-28-13-10-25(11-14-28)9-12-27-18-25)16-23(30-4-2)24(22)20-5-7-21(26)8-6-20/h5-8,15-16,27H,3-4,9-14,17-18H2,1-2H3. The van der Waals surface area contributed by atoms with Gasteiger partial charge in [0.1, 0.15) is 17.3 Å². The van der Waals surface area contributed by atoms with Crippen LogP contribution in [0.4, 0.5) is 4.39 Å². The Morgan fingerprint density at radius 2 is 1.60 bits per heavy atom. The molecular formula is C25H33FN2O2. The van der Waals surface area contributed by atoms with Crippen molar-refractivity contribution in [3.63, 3.8) is 0 Å². The molecule has 4 rings (SSSR count). The summed E-state index contributed by atoms with van der Waals surface area (Å²) in [5.74, 6) is 1.36. The Labute approximate surface area is 179 Å². The summed E-state index contributed by atoms with van der Waals surface area (Å²) in [4.78, 5) is 2.54. The van der Waals surface area contributed by atoms with Gasteiger partial charge in [0.25, 0.3) is 0 Å². The van der Waals surface area contributed by atoms with Crippen LogP contribution >= 0.6 is 0 Å². The van der Waals surface area contributed by atoms with Gasteiger partial charge in [-0.1, -0.05) is 12.1 Å². The summed E-state index contributed by atoms with van der Waals surface area (Å²) in [6.45, 7) is 10.6. The van der Waals surface area contributed by atoms with Crippen LogP contribution in [0.5, 0.6) is 11.5 Å². The molecule has 0 atom stereocenters. The summed E-state index contributed by atoms with van der Waals surface area (Å²) in [6.07, 6.45) is 3.85. The summed E-state index contributed by atoms with van der Waals surface area (Å²) in [7, 11) is 0. The normalized spacial score (nSPS) is 18.6. The van der Waals surface area contributed by atoms with Crippen LogP contribution in [-0.2, 0) is 6.54 Å². The van der Waals surface area contributed by atoms with Crippen molar-refractivity contribution in [2.24, 2.45) is 5.41 Å². The zero-order valence-corrected chi connectivity index (χ0v) is 18.2. The highest BCUT2D eigenvalue weighted by atomic mass is 19.1. The van der Waals surface area contributed by atoms with Crippen LogP contribution < -0.4 is 14.8 Å². The van der Waals surface area contributed by atoms with Crippen molar-refractivity contribution in [3.05, 3.63) is 47.8 Å². The van der Waals surface area contributed by atoms with Crippen molar-refractivity contribution in [3.8, 4) is 22.6 Å². The molecule has 2 aromatic rings. The number of rotatable bonds is 7. The number of hydrogen-bond acceptors (Lipinski definition) is 4. The molecule has 30 heavy (non-hydrogen) atoms. The average molecular weight is 413 g/mol. The van der Waals surface area contributed by atoms with E-state index >= 15 is 0 Å². The second-order valence-electron chi connectivity index (χ2n) is 8.54. The van der Waals surface area contributed by atoms with Gasteiger partial charge in [-0.3, -0.25) is 4.90 Å². The van der Waals surface area contributed by atoms with Gasteiger partial charge in [-0.2, -0.15) is 0 Å². The molecule has 1 spiro atoms. The Bertz CT molecular complexity index is 810. The largest absolute Gasteiger partial charge is 0.493 e. The fourth-order valence-corrected chi connectivity index (χ4v) is 4.84. The molecule has 4 nitrogen and oxygen atoms in total. The van der Waals surface area contributed by atoms with Gasteiger partial charge in [0, 0.05) is 13.1 Å². The van der Waals surface area contributed by atoms with Crippen LogP contribution in [0.25, 0.3) is 11.1 Å². The first kappa shape index (κ1) is 21.1. The van der Waals surface area contributed by atoms with E-state index < -0.39 is 0 Å². The Balaban J connectivity index is 1.58. The molecule has 162 valence electrons. The fourth-order valence-electron chi connectivity index (χ4n) is 4.84. The van der Waals surface area contributed by atoms with Crippen LogP contribution in [-0.4, -0.2) is 44.3 Å². The van der Waals surface area contributed by atoms with Crippen molar-refractivity contribution in [2.45, 2.75) is 39.7 Å². The smallest absolute Gasteiger partial charge is 0.131 e. The third kappa shape index (κ3) is 4.62. The minimum absolute atomic E-state index is 0.244. The van der Waals surface area contributed by atoms with Gasteiger partial charge in [-0.25, -0.2) is 4.39 Å². The molecule has 2 aromatic carbocycles. The molecule has 0 amide bonds. The van der Waals surface area contributed by atoms with Gasteiger partial charge in [-0.05, 0) is 93.6 Å². The second kappa shape index (κ2) is 9.36. The van der Waals surface area contributed by atoms with E-state index in [9.17, 15) is 4.39 Å². The summed E-state index contributed by atoms with van der Waals surface area (Å²) in [5.41, 5.74) is 3.53. The van der Waals surface area contributed by atoms with Gasteiger partial charge >= 0.3 is 0 Å². The number of nitrogens with one attached hydrogen (secondary N) is 1. The lowest BCUT2D eigenvalue weighted by Gasteiger charge is -2.39. The zero-order valence-electron chi connectivity index (χ0n) is 18.2. The summed E-state index contributed by atoms with van der Waals surface area (Å²) in [6, 6.07) is 10.8. The highest BCUT2D eigenvalue weighted by Crippen LogP contribution is 2.41. The molecular weight excluding hydrogens is 379 g/mol. The van der Waals surface area contributed by atoms with E-state index in [-0.39, 0.29) is 5.82 Å². The maximum Gasteiger partial charge on any atom is 0.131 e. The Hall–Kier alpha value is -2.11. The first-order valence-corrected chi connectivity index (χ1v) is 11.2. The number of nitrogens with zero attached hydrogens (tertiary/aromatic N) is 1. The Morgan fingerprint density at radius 3 is 2.13 bits per heavy atom. The van der Waals surface area contributed by atoms with E-state index in [1.807, 2.05) is 13.8 Å². The van der Waals surface area contributed by atoms with Gasteiger partial charge in [0.2, 0.25) is 0 Å². The van der Waals surface area contributed by atoms with E-state index in [4.69, 9.17) is 9.47 Å². The van der Waals surface area contributed by atoms with E-state index in [0.29, 0.717) is 18.6 Å². The second-order valence-corrected chi connectivity index (χ2v) is 8.54. The first-order valence-electron chi connectivity index (χ1n) is 11.2. The van der Waals surface area contributed by atoms with E-state index in [1.165, 1.54) is 50.0 Å². The maximum atomic E-state index is 13.5. The number of hydrogen-bond donors (Lipinski definition) is 1. The van der Waals surface area contributed by atoms with Gasteiger partial charge in [-0.15, -0.1) is 0 Å². The number of ether oxygens (including phenoxy) is 2. The zero-order chi connectivity index (χ0) is 21.0. The van der Waals surface area contributed by atoms with Crippen LogP contribution in [0.3, 0.4) is 0 Å². The average Bonchev–Trinajstić information content (AvgIpc) is 3.20. The highest BCUT2D eigenvalue weighted by molar-refractivity contribution is 5.77. The van der Waals surface area contributed by atoms with Crippen LogP contribution in [0.2, 0.25) is 0 Å². The third-order valence-corrected chi connectivity index (χ3v) is 6.51. The van der Waals surface area contributed by atoms with Crippen molar-refractivity contribution in [1.82, 2.24) is 10.2 Å². The summed E-state index contributed by atoms with van der Waals surface area (Å²) < 4.78 is 25.5. The molecule has 2 aliphatic heterocycles. The molecule has 0 aromatic heterocycles. The number of halogens is 1. The summed E-state index contributed by atoms with van der Waals surface area (Å²) in [5, 5.41) is 3.54. The molecule has 2 aliphatic rings. The molecule has 1 N–H and O–H groups in total. The predicted molar refractivity (Wildman–Crippen MR) is 119 cm³/mol. The molecule has 2 saturated heterocycles. The number of likely N-dealkylation sites (tertiary alicyclic amines) is 1. The van der Waals surface area contributed by atoms with E-state index in [2.05, 4.69) is 22.3 Å². The van der Waals surface area contributed by atoms with Crippen molar-refractivity contribution >= 4 is 0 Å². The lowest BCUT2D eigenvalue weighted by molar-refractivity contribution is 0.113. The Morgan fingerprint density at radius 1 is 0.967 bits per heavy atom. The molecule has 2 heterocycles. The summed E-state index contributed by atoms with van der Waals surface area (Å²) >= 11 is 0. The van der Waals surface area contributed by atoms with Gasteiger partial charge in [0.05, 0.1) is 18.8 Å². The van der Waals surface area contributed by atoms with E-state index in [0.717, 1.165) is 42.3 Å². The van der Waals surface area contributed by atoms with Gasteiger partial charge in [0.15, 0.2) is 0 Å². The maximum absolute atomic E-state index is 13.5. The molecule has 5 heteroatoms. The molecule has 0 radical (unpaired) electrons. The number of piperidine rings is 1. The minimum atomic E-state index is -0.244. The lowest BCUT2D eigenvalue weighted by Crippen LogP contribution is -2.40. The fraction of sp³-hybridized carbons (Fsp3) is 0.520. The van der Waals surface area contributed by atoms with Crippen LogP contribution in [0, 0.1) is 11.2 Å². The van der Waals surface area contributed by atoms with Crippen LogP contribution in [0.1, 0.15) is 38.7 Å². The van der Waals surface area contributed by atoms with Crippen molar-refractivity contribution < 1.29 is 13.9 Å². The van der Waals surface area contributed by atoms with Crippen molar-refractivity contribution in [1.29, 1.82) is 0 Å². The minimum Gasteiger partial charge on any atom is -0.493 e. The topological polar surface area (TPSA) is 33.7 Å². The molecule has 0 bridgehead atoms. The monoisotopic (exact) mass is 412 g/mol. The van der Waals surface area contributed by atoms with Crippen LogP contribution in [0.15, 0.2) is 36.4 Å². The number of benzene rings is 2. The lowest BCUT2D eigenvalue weighted by atomic mass is 9.78. The van der Waals surface area contributed by atoms with E-state index in [1.54, 1.807) is 12.1 Å².